The Morgan fingerprint density at radius 2 is 1.74 bits per heavy atom. The molecule has 148 valence electrons. The first-order valence-electron chi connectivity index (χ1n) is 8.14. The number of rotatable bonds is 11. The lowest BCUT2D eigenvalue weighted by Crippen LogP contribution is -2.47. The second kappa shape index (κ2) is 12.6. The molecule has 0 aliphatic carbocycles. The number of aliphatic carboxylic acids is 1. The van der Waals surface area contributed by atoms with E-state index in [1.54, 1.807) is 12.1 Å². The van der Waals surface area contributed by atoms with Gasteiger partial charge in [-0.3, -0.25) is 9.59 Å². The molecule has 0 saturated heterocycles. The third-order valence-electron chi connectivity index (χ3n) is 3.30. The minimum atomic E-state index is -1.13. The molecule has 0 unspecified atom stereocenters. The van der Waals surface area contributed by atoms with Crippen LogP contribution in [0.3, 0.4) is 0 Å². The number of thioether (sulfide) groups is 1. The number of amides is 3. The van der Waals surface area contributed by atoms with Gasteiger partial charge in [0.25, 0.3) is 0 Å². The van der Waals surface area contributed by atoms with E-state index < -0.39 is 29.9 Å². The van der Waals surface area contributed by atoms with Crippen molar-refractivity contribution in [2.75, 3.05) is 25.1 Å². The van der Waals surface area contributed by atoms with Crippen molar-refractivity contribution in [3.05, 3.63) is 35.9 Å². The van der Waals surface area contributed by atoms with Crippen LogP contribution in [0.5, 0.6) is 0 Å². The molecule has 1 aromatic carbocycles. The molecular formula is C17H23N3O6S. The van der Waals surface area contributed by atoms with Crippen LogP contribution in [0.25, 0.3) is 0 Å². The van der Waals surface area contributed by atoms with Gasteiger partial charge in [0.2, 0.25) is 11.8 Å². The highest BCUT2D eigenvalue weighted by atomic mass is 32.2. The lowest BCUT2D eigenvalue weighted by molar-refractivity contribution is -0.141. The largest absolute Gasteiger partial charge is 0.480 e. The fourth-order valence-electron chi connectivity index (χ4n) is 1.91. The molecule has 0 radical (unpaired) electrons. The molecule has 0 fully saturated rings. The molecule has 0 spiro atoms. The summed E-state index contributed by atoms with van der Waals surface area (Å²) in [7, 11) is 0. The van der Waals surface area contributed by atoms with Gasteiger partial charge in [-0.25, -0.2) is 9.59 Å². The molecular weight excluding hydrogens is 374 g/mol. The highest BCUT2D eigenvalue weighted by Gasteiger charge is 2.19. The number of carbonyl (C=O) groups excluding carboxylic acids is 3. The smallest absolute Gasteiger partial charge is 0.407 e. The van der Waals surface area contributed by atoms with E-state index >= 15 is 0 Å². The summed E-state index contributed by atoms with van der Waals surface area (Å²) < 4.78 is 4.94. The summed E-state index contributed by atoms with van der Waals surface area (Å²) in [4.78, 5) is 45.9. The lowest BCUT2D eigenvalue weighted by atomic mass is 10.2. The number of alkyl carbamates (subject to hydrolysis) is 1. The van der Waals surface area contributed by atoms with Crippen LogP contribution in [0.15, 0.2) is 30.3 Å². The molecule has 0 aliphatic rings. The van der Waals surface area contributed by atoms with Crippen molar-refractivity contribution < 1.29 is 29.0 Å². The summed E-state index contributed by atoms with van der Waals surface area (Å²) in [5.41, 5.74) is 0.809. The quantitative estimate of drug-likeness (QED) is 0.423. The predicted molar refractivity (Wildman–Crippen MR) is 100 cm³/mol. The Hall–Kier alpha value is -2.75. The van der Waals surface area contributed by atoms with Gasteiger partial charge in [0.15, 0.2) is 0 Å². The Kier molecular flexibility index (Phi) is 10.4. The van der Waals surface area contributed by atoms with Gasteiger partial charge in [0.1, 0.15) is 19.2 Å². The summed E-state index contributed by atoms with van der Waals surface area (Å²) in [5, 5.41) is 15.9. The second-order valence-electron chi connectivity index (χ2n) is 5.43. The van der Waals surface area contributed by atoms with Crippen molar-refractivity contribution in [1.29, 1.82) is 0 Å². The standard InChI is InChI=1S/C17H23N3O6S/c1-27-8-7-13(16(23)24)20-15(22)10-18-14(21)9-19-17(25)26-11-12-5-3-2-4-6-12/h2-6,13H,7-11H2,1H3,(H,18,21)(H,19,25)(H,20,22)(H,23,24)/t13-/m1/s1. The number of hydrogen-bond acceptors (Lipinski definition) is 6. The second-order valence-corrected chi connectivity index (χ2v) is 6.42. The van der Waals surface area contributed by atoms with Gasteiger partial charge >= 0.3 is 12.1 Å². The van der Waals surface area contributed by atoms with Crippen molar-refractivity contribution in [2.24, 2.45) is 0 Å². The molecule has 4 N–H and O–H groups in total. The molecule has 27 heavy (non-hydrogen) atoms. The van der Waals surface area contributed by atoms with Crippen molar-refractivity contribution >= 4 is 35.6 Å². The van der Waals surface area contributed by atoms with E-state index in [0.717, 1.165) is 5.56 Å². The number of benzene rings is 1. The maximum Gasteiger partial charge on any atom is 0.407 e. The van der Waals surface area contributed by atoms with Gasteiger partial charge in [-0.15, -0.1) is 0 Å². The minimum absolute atomic E-state index is 0.0727. The number of hydrogen-bond donors (Lipinski definition) is 4. The van der Waals surface area contributed by atoms with E-state index in [2.05, 4.69) is 16.0 Å². The van der Waals surface area contributed by atoms with E-state index in [0.29, 0.717) is 5.75 Å². The van der Waals surface area contributed by atoms with Crippen molar-refractivity contribution in [3.8, 4) is 0 Å². The number of carboxylic acid groups (broad SMARTS) is 1. The van der Waals surface area contributed by atoms with Crippen LogP contribution < -0.4 is 16.0 Å². The Labute approximate surface area is 161 Å². The van der Waals surface area contributed by atoms with E-state index in [4.69, 9.17) is 9.84 Å². The van der Waals surface area contributed by atoms with Crippen LogP contribution in [0.1, 0.15) is 12.0 Å². The zero-order valence-electron chi connectivity index (χ0n) is 14.9. The average molecular weight is 397 g/mol. The zero-order chi connectivity index (χ0) is 20.1. The van der Waals surface area contributed by atoms with Crippen molar-refractivity contribution in [3.63, 3.8) is 0 Å². The Balaban J connectivity index is 2.22. The van der Waals surface area contributed by atoms with E-state index in [-0.39, 0.29) is 26.1 Å². The zero-order valence-corrected chi connectivity index (χ0v) is 15.7. The minimum Gasteiger partial charge on any atom is -0.480 e. The first-order valence-corrected chi connectivity index (χ1v) is 9.54. The molecule has 1 atom stereocenters. The maximum atomic E-state index is 11.7. The van der Waals surface area contributed by atoms with Gasteiger partial charge < -0.3 is 25.8 Å². The van der Waals surface area contributed by atoms with Crippen LogP contribution >= 0.6 is 11.8 Å². The average Bonchev–Trinajstić information content (AvgIpc) is 2.66. The Bertz CT molecular complexity index is 641. The molecule has 0 saturated carbocycles. The monoisotopic (exact) mass is 397 g/mol. The number of nitrogens with one attached hydrogen (secondary N) is 3. The van der Waals surface area contributed by atoms with Gasteiger partial charge in [0.05, 0.1) is 6.54 Å². The summed E-state index contributed by atoms with van der Waals surface area (Å²) in [6.07, 6.45) is 1.35. The summed E-state index contributed by atoms with van der Waals surface area (Å²) in [6, 6.07) is 8.04. The van der Waals surface area contributed by atoms with Gasteiger partial charge in [-0.1, -0.05) is 30.3 Å². The van der Waals surface area contributed by atoms with E-state index in [1.807, 2.05) is 24.5 Å². The van der Waals surface area contributed by atoms with Crippen LogP contribution in [0, 0.1) is 0 Å². The van der Waals surface area contributed by atoms with E-state index in [1.165, 1.54) is 11.8 Å². The Morgan fingerprint density at radius 3 is 2.37 bits per heavy atom. The maximum absolute atomic E-state index is 11.7. The van der Waals surface area contributed by atoms with Crippen LogP contribution in [0.4, 0.5) is 4.79 Å². The summed E-state index contributed by atoms with van der Waals surface area (Å²) in [5.74, 6) is -1.77. The molecule has 1 rings (SSSR count). The molecule has 0 aromatic heterocycles. The molecule has 10 heteroatoms. The van der Waals surface area contributed by atoms with Gasteiger partial charge in [-0.2, -0.15) is 11.8 Å². The van der Waals surface area contributed by atoms with Gasteiger partial charge in [0, 0.05) is 0 Å². The van der Waals surface area contributed by atoms with Crippen LogP contribution in [-0.4, -0.2) is 60.1 Å². The van der Waals surface area contributed by atoms with Crippen molar-refractivity contribution in [1.82, 2.24) is 16.0 Å². The summed E-state index contributed by atoms with van der Waals surface area (Å²) in [6.45, 7) is -0.679. The highest BCUT2D eigenvalue weighted by molar-refractivity contribution is 7.98. The molecule has 9 nitrogen and oxygen atoms in total. The molecule has 3 amide bonds. The third kappa shape index (κ3) is 10.1. The number of carbonyl (C=O) groups is 4. The first kappa shape index (κ1) is 22.3. The first-order chi connectivity index (χ1) is 12.9. The highest BCUT2D eigenvalue weighted by Crippen LogP contribution is 2.01. The molecule has 0 aliphatic heterocycles. The normalized spacial score (nSPS) is 11.1. The van der Waals surface area contributed by atoms with E-state index in [9.17, 15) is 19.2 Å². The van der Waals surface area contributed by atoms with Gasteiger partial charge in [-0.05, 0) is 24.0 Å². The third-order valence-corrected chi connectivity index (χ3v) is 3.94. The lowest BCUT2D eigenvalue weighted by Gasteiger charge is -2.14. The van der Waals surface area contributed by atoms with Crippen LogP contribution in [-0.2, 0) is 25.7 Å². The molecule has 0 bridgehead atoms. The number of ether oxygens (including phenoxy) is 1. The fourth-order valence-corrected chi connectivity index (χ4v) is 2.38. The molecule has 1 aromatic rings. The fraction of sp³-hybridized carbons (Fsp3) is 0.412. The molecule has 0 heterocycles. The van der Waals surface area contributed by atoms with Crippen molar-refractivity contribution in [2.45, 2.75) is 19.1 Å². The SMILES string of the molecule is CSCC[C@@H](NC(=O)CNC(=O)CNC(=O)OCc1ccccc1)C(=O)O. The Morgan fingerprint density at radius 1 is 1.07 bits per heavy atom. The summed E-state index contributed by atoms with van der Waals surface area (Å²) >= 11 is 1.47. The topological polar surface area (TPSA) is 134 Å². The van der Waals surface area contributed by atoms with Crippen LogP contribution in [0.2, 0.25) is 0 Å². The number of carboxylic acids is 1. The predicted octanol–water partition coefficient (Wildman–Crippen LogP) is 0.352.